The summed E-state index contributed by atoms with van der Waals surface area (Å²) in [6.07, 6.45) is 3.45. The fourth-order valence-corrected chi connectivity index (χ4v) is 2.82. The van der Waals surface area contributed by atoms with Gasteiger partial charge in [0.15, 0.2) is 0 Å². The zero-order valence-electron chi connectivity index (χ0n) is 13.4. The van der Waals surface area contributed by atoms with Crippen LogP contribution in [0.25, 0.3) is 0 Å². The average Bonchev–Trinajstić information content (AvgIpc) is 2.55. The molecule has 0 radical (unpaired) electrons. The molecule has 2 rings (SSSR count). The minimum absolute atomic E-state index is 0.378. The Hall–Kier alpha value is -1.26. The number of ether oxygens (including phenoxy) is 1. The van der Waals surface area contributed by atoms with Crippen molar-refractivity contribution in [3.63, 3.8) is 0 Å². The lowest BCUT2D eigenvalue weighted by Crippen LogP contribution is -2.46. The van der Waals surface area contributed by atoms with Gasteiger partial charge in [0.2, 0.25) is 0 Å². The number of rotatable bonds is 7. The summed E-state index contributed by atoms with van der Waals surface area (Å²) in [5, 5.41) is 0. The van der Waals surface area contributed by atoms with Gasteiger partial charge in [-0.25, -0.2) is 0 Å². The van der Waals surface area contributed by atoms with Gasteiger partial charge < -0.3 is 15.4 Å². The summed E-state index contributed by atoms with van der Waals surface area (Å²) in [6.45, 7) is 7.80. The summed E-state index contributed by atoms with van der Waals surface area (Å²) in [5.41, 5.74) is 7.24. The largest absolute Gasteiger partial charge is 0.497 e. The molecule has 0 bridgehead atoms. The molecule has 1 atom stereocenters. The predicted octanol–water partition coefficient (Wildman–Crippen LogP) is 2.33. The first-order valence-corrected chi connectivity index (χ1v) is 8.10. The second-order valence-electron chi connectivity index (χ2n) is 5.84. The van der Waals surface area contributed by atoms with Crippen LogP contribution in [0.15, 0.2) is 24.3 Å². The lowest BCUT2D eigenvalue weighted by atomic mass is 10.1. The van der Waals surface area contributed by atoms with Gasteiger partial charge in [-0.1, -0.05) is 13.0 Å². The first-order chi connectivity index (χ1) is 10.2. The molecule has 4 nitrogen and oxygen atoms in total. The van der Waals surface area contributed by atoms with E-state index in [1.54, 1.807) is 7.11 Å². The molecule has 0 saturated carbocycles. The third-order valence-corrected chi connectivity index (χ3v) is 4.36. The van der Waals surface area contributed by atoms with Crippen molar-refractivity contribution < 1.29 is 4.74 Å². The van der Waals surface area contributed by atoms with Gasteiger partial charge in [-0.15, -0.1) is 0 Å². The summed E-state index contributed by atoms with van der Waals surface area (Å²) < 4.78 is 5.30. The number of benzene rings is 1. The van der Waals surface area contributed by atoms with Crippen LogP contribution in [-0.4, -0.2) is 50.8 Å². The van der Waals surface area contributed by atoms with Crippen molar-refractivity contribution in [1.29, 1.82) is 0 Å². The first-order valence-electron chi connectivity index (χ1n) is 8.10. The standard InChI is InChI=1S/C17H29N3O/c1-3-15(18)6-5-9-19-10-12-20(13-11-19)16-7-4-8-17(14-16)21-2/h4,7-8,14-15H,3,5-6,9-13,18H2,1-2H3. The number of hydrogen-bond acceptors (Lipinski definition) is 4. The third-order valence-electron chi connectivity index (χ3n) is 4.36. The molecule has 1 heterocycles. The molecule has 0 aliphatic carbocycles. The maximum atomic E-state index is 5.98. The van der Waals surface area contributed by atoms with Crippen molar-refractivity contribution in [1.82, 2.24) is 4.90 Å². The van der Waals surface area contributed by atoms with Crippen LogP contribution in [0.5, 0.6) is 5.75 Å². The van der Waals surface area contributed by atoms with Crippen LogP contribution in [0.4, 0.5) is 5.69 Å². The molecule has 4 heteroatoms. The number of nitrogens with two attached hydrogens (primary N) is 1. The lowest BCUT2D eigenvalue weighted by molar-refractivity contribution is 0.250. The van der Waals surface area contributed by atoms with Gasteiger partial charge in [0.05, 0.1) is 7.11 Å². The van der Waals surface area contributed by atoms with Crippen molar-refractivity contribution >= 4 is 5.69 Å². The van der Waals surface area contributed by atoms with Gasteiger partial charge in [-0.2, -0.15) is 0 Å². The van der Waals surface area contributed by atoms with E-state index in [1.807, 2.05) is 6.07 Å². The fraction of sp³-hybridized carbons (Fsp3) is 0.647. The number of nitrogens with zero attached hydrogens (tertiary/aromatic N) is 2. The quantitative estimate of drug-likeness (QED) is 0.837. The Morgan fingerprint density at radius 2 is 2.00 bits per heavy atom. The van der Waals surface area contributed by atoms with Crippen LogP contribution in [0.1, 0.15) is 26.2 Å². The van der Waals surface area contributed by atoms with Gasteiger partial charge in [0.25, 0.3) is 0 Å². The Balaban J connectivity index is 1.75. The van der Waals surface area contributed by atoms with Crippen molar-refractivity contribution in [3.05, 3.63) is 24.3 Å². The molecule has 1 fully saturated rings. The highest BCUT2D eigenvalue weighted by Gasteiger charge is 2.17. The van der Waals surface area contributed by atoms with E-state index in [0.29, 0.717) is 6.04 Å². The van der Waals surface area contributed by atoms with E-state index < -0.39 is 0 Å². The summed E-state index contributed by atoms with van der Waals surface area (Å²) in [6, 6.07) is 8.72. The lowest BCUT2D eigenvalue weighted by Gasteiger charge is -2.36. The number of piperazine rings is 1. The molecule has 1 unspecified atom stereocenters. The Kier molecular flexibility index (Phi) is 6.33. The van der Waals surface area contributed by atoms with Crippen molar-refractivity contribution in [2.75, 3.05) is 44.7 Å². The van der Waals surface area contributed by atoms with E-state index in [1.165, 1.54) is 18.7 Å². The zero-order valence-corrected chi connectivity index (χ0v) is 13.4. The molecule has 1 aliphatic rings. The van der Waals surface area contributed by atoms with Crippen LogP contribution in [0.2, 0.25) is 0 Å². The van der Waals surface area contributed by atoms with E-state index >= 15 is 0 Å². The number of methoxy groups -OCH3 is 1. The highest BCUT2D eigenvalue weighted by atomic mass is 16.5. The van der Waals surface area contributed by atoms with Crippen molar-refractivity contribution in [2.45, 2.75) is 32.2 Å². The molecule has 1 aromatic carbocycles. The minimum atomic E-state index is 0.378. The zero-order chi connectivity index (χ0) is 15.1. The summed E-state index contributed by atoms with van der Waals surface area (Å²) in [5.74, 6) is 0.934. The van der Waals surface area contributed by atoms with Crippen LogP contribution in [0.3, 0.4) is 0 Å². The van der Waals surface area contributed by atoms with E-state index in [9.17, 15) is 0 Å². The highest BCUT2D eigenvalue weighted by molar-refractivity contribution is 5.51. The van der Waals surface area contributed by atoms with Crippen LogP contribution >= 0.6 is 0 Å². The summed E-state index contributed by atoms with van der Waals surface area (Å²) in [4.78, 5) is 5.00. The monoisotopic (exact) mass is 291 g/mol. The maximum Gasteiger partial charge on any atom is 0.120 e. The van der Waals surface area contributed by atoms with Crippen LogP contribution in [-0.2, 0) is 0 Å². The van der Waals surface area contributed by atoms with E-state index in [-0.39, 0.29) is 0 Å². The third kappa shape index (κ3) is 4.90. The Bertz CT molecular complexity index is 416. The Morgan fingerprint density at radius 3 is 2.67 bits per heavy atom. The molecule has 118 valence electrons. The predicted molar refractivity (Wildman–Crippen MR) is 89.1 cm³/mol. The number of hydrogen-bond donors (Lipinski definition) is 1. The maximum absolute atomic E-state index is 5.98. The molecular weight excluding hydrogens is 262 g/mol. The smallest absolute Gasteiger partial charge is 0.120 e. The van der Waals surface area contributed by atoms with Crippen molar-refractivity contribution in [2.24, 2.45) is 5.73 Å². The highest BCUT2D eigenvalue weighted by Crippen LogP contribution is 2.22. The topological polar surface area (TPSA) is 41.7 Å². The molecule has 1 saturated heterocycles. The van der Waals surface area contributed by atoms with Crippen LogP contribution < -0.4 is 15.4 Å². The van der Waals surface area contributed by atoms with Gasteiger partial charge >= 0.3 is 0 Å². The molecule has 0 aromatic heterocycles. The summed E-state index contributed by atoms with van der Waals surface area (Å²) in [7, 11) is 1.72. The van der Waals surface area contributed by atoms with E-state index in [2.05, 4.69) is 34.9 Å². The molecule has 0 spiro atoms. The Morgan fingerprint density at radius 1 is 1.24 bits per heavy atom. The average molecular weight is 291 g/mol. The molecule has 2 N–H and O–H groups in total. The van der Waals surface area contributed by atoms with Gasteiger partial charge in [0.1, 0.15) is 5.75 Å². The van der Waals surface area contributed by atoms with Crippen LogP contribution in [0, 0.1) is 0 Å². The molecular formula is C17H29N3O. The molecule has 21 heavy (non-hydrogen) atoms. The number of anilines is 1. The first kappa shape index (κ1) is 16.1. The van der Waals surface area contributed by atoms with E-state index in [4.69, 9.17) is 10.5 Å². The molecule has 0 amide bonds. The summed E-state index contributed by atoms with van der Waals surface area (Å²) >= 11 is 0. The second kappa shape index (κ2) is 8.25. The molecule has 1 aliphatic heterocycles. The minimum Gasteiger partial charge on any atom is -0.497 e. The van der Waals surface area contributed by atoms with Gasteiger partial charge in [-0.3, -0.25) is 4.90 Å². The molecule has 1 aromatic rings. The van der Waals surface area contributed by atoms with Crippen molar-refractivity contribution in [3.8, 4) is 5.75 Å². The SMILES string of the molecule is CCC(N)CCCN1CCN(c2cccc(OC)c2)CC1. The van der Waals surface area contributed by atoms with E-state index in [0.717, 1.165) is 44.8 Å². The Labute approximate surface area is 128 Å². The fourth-order valence-electron chi connectivity index (χ4n) is 2.82. The van der Waals surface area contributed by atoms with Gasteiger partial charge in [-0.05, 0) is 37.9 Å². The van der Waals surface area contributed by atoms with Gasteiger partial charge in [0, 0.05) is 44.0 Å². The second-order valence-corrected chi connectivity index (χ2v) is 5.84. The normalized spacial score (nSPS) is 17.8.